The van der Waals surface area contributed by atoms with Crippen molar-refractivity contribution >= 4 is 30.1 Å². The molecule has 0 radical (unpaired) electrons. The summed E-state index contributed by atoms with van der Waals surface area (Å²) < 4.78 is 31.1. The molecule has 35 heavy (non-hydrogen) atoms. The molecule has 8 heteroatoms. The van der Waals surface area contributed by atoms with E-state index in [-0.39, 0.29) is 0 Å². The second kappa shape index (κ2) is 9.64. The highest BCUT2D eigenvalue weighted by atomic mass is 19.1. The summed E-state index contributed by atoms with van der Waals surface area (Å²) in [5, 5.41) is 2.77. The average Bonchev–Trinajstić information content (AvgIpc) is 3.05. The lowest BCUT2D eigenvalue weighted by atomic mass is 9.79. The molecule has 1 unspecified atom stereocenters. The number of carbonyl (C=O) groups is 2. The van der Waals surface area contributed by atoms with Crippen LogP contribution in [0.4, 0.5) is 10.1 Å². The molecule has 1 aliphatic rings. The van der Waals surface area contributed by atoms with Crippen molar-refractivity contribution < 1.29 is 28.0 Å². The fourth-order valence-corrected chi connectivity index (χ4v) is 3.57. The number of halogens is 1. The molecule has 6 nitrogen and oxygen atoms in total. The lowest BCUT2D eigenvalue weighted by molar-refractivity contribution is -0.125. The highest BCUT2D eigenvalue weighted by Crippen LogP contribution is 2.36. The molecule has 1 atom stereocenters. The maximum Gasteiger partial charge on any atom is 0.494 e. The first-order valence-corrected chi connectivity index (χ1v) is 11.3. The Labute approximate surface area is 204 Å². The van der Waals surface area contributed by atoms with Crippen molar-refractivity contribution in [2.24, 2.45) is 0 Å². The van der Waals surface area contributed by atoms with E-state index in [1.54, 1.807) is 54.6 Å². The van der Waals surface area contributed by atoms with Crippen LogP contribution in [0.2, 0.25) is 0 Å². The van der Waals surface area contributed by atoms with Gasteiger partial charge in [0.2, 0.25) is 6.10 Å². The van der Waals surface area contributed by atoms with Gasteiger partial charge in [0.1, 0.15) is 5.82 Å². The van der Waals surface area contributed by atoms with Crippen LogP contribution in [0.5, 0.6) is 0 Å². The van der Waals surface area contributed by atoms with Gasteiger partial charge in [-0.1, -0.05) is 42.5 Å². The minimum Gasteiger partial charge on any atom is -0.444 e. The number of benzene rings is 3. The molecule has 0 aromatic heterocycles. The van der Waals surface area contributed by atoms with Crippen molar-refractivity contribution in [2.45, 2.75) is 45.0 Å². The van der Waals surface area contributed by atoms with Gasteiger partial charge in [-0.3, -0.25) is 4.79 Å². The van der Waals surface area contributed by atoms with Gasteiger partial charge in [0.25, 0.3) is 5.91 Å². The first kappa shape index (κ1) is 24.6. The second-order valence-electron chi connectivity index (χ2n) is 9.40. The van der Waals surface area contributed by atoms with Gasteiger partial charge in [-0.05, 0) is 69.6 Å². The molecule has 3 aromatic carbocycles. The minimum absolute atomic E-state index is 0.305. The summed E-state index contributed by atoms with van der Waals surface area (Å²) in [7, 11) is -0.524. The van der Waals surface area contributed by atoms with Crippen molar-refractivity contribution in [1.82, 2.24) is 0 Å². The quantitative estimate of drug-likeness (QED) is 0.415. The zero-order valence-electron chi connectivity index (χ0n) is 20.1. The van der Waals surface area contributed by atoms with Crippen LogP contribution < -0.4 is 10.8 Å². The molecule has 0 bridgehead atoms. The summed E-state index contributed by atoms with van der Waals surface area (Å²) in [5.74, 6) is -1.68. The summed E-state index contributed by atoms with van der Waals surface area (Å²) >= 11 is 0. The molecule has 3 aromatic rings. The Balaban J connectivity index is 1.50. The normalized spacial score (nSPS) is 17.0. The molecule has 180 valence electrons. The zero-order valence-corrected chi connectivity index (χ0v) is 20.1. The van der Waals surface area contributed by atoms with E-state index in [1.165, 1.54) is 24.3 Å². The zero-order chi connectivity index (χ0) is 25.2. The van der Waals surface area contributed by atoms with Crippen LogP contribution in [0.15, 0.2) is 78.9 Å². The van der Waals surface area contributed by atoms with Gasteiger partial charge < -0.3 is 19.4 Å². The lowest BCUT2D eigenvalue weighted by Gasteiger charge is -2.32. The second-order valence-corrected chi connectivity index (χ2v) is 9.40. The molecule has 1 saturated heterocycles. The Bertz CT molecular complexity index is 1180. The standard InChI is InChI=1S/C27H27BFNO5/c1-26(2)27(3,4)35-28(34-26)20-12-16-22(17-13-20)30-24(31)23(18-10-14-21(29)15-11-18)33-25(32)19-8-6-5-7-9-19/h5-17,23H,1-4H3,(H,30,31). The molecule has 1 heterocycles. The van der Waals surface area contributed by atoms with Crippen molar-refractivity contribution in [3.8, 4) is 0 Å². The molecule has 0 spiro atoms. The van der Waals surface area contributed by atoms with E-state index in [0.717, 1.165) is 5.46 Å². The summed E-state index contributed by atoms with van der Waals surface area (Å²) in [4.78, 5) is 25.8. The van der Waals surface area contributed by atoms with Crippen molar-refractivity contribution in [3.63, 3.8) is 0 Å². The minimum atomic E-state index is -1.27. The van der Waals surface area contributed by atoms with Crippen molar-refractivity contribution in [2.75, 3.05) is 5.32 Å². The molecule has 1 aliphatic heterocycles. The number of esters is 1. The van der Waals surface area contributed by atoms with E-state index >= 15 is 0 Å². The first-order chi connectivity index (χ1) is 16.6. The third kappa shape index (κ3) is 5.44. The molecule has 1 fully saturated rings. The topological polar surface area (TPSA) is 73.9 Å². The van der Waals surface area contributed by atoms with Crippen LogP contribution in [0, 0.1) is 5.82 Å². The monoisotopic (exact) mass is 475 g/mol. The van der Waals surface area contributed by atoms with Crippen molar-refractivity contribution in [1.29, 1.82) is 0 Å². The molecule has 0 aliphatic carbocycles. The van der Waals surface area contributed by atoms with E-state index in [1.807, 2.05) is 27.7 Å². The largest absolute Gasteiger partial charge is 0.494 e. The van der Waals surface area contributed by atoms with Gasteiger partial charge in [-0.15, -0.1) is 0 Å². The SMILES string of the molecule is CC1(C)OB(c2ccc(NC(=O)C(OC(=O)c3ccccc3)c3ccc(F)cc3)cc2)OC1(C)C. The molecular weight excluding hydrogens is 448 g/mol. The summed E-state index contributed by atoms with van der Waals surface area (Å²) in [5.41, 5.74) is 1.04. The molecule has 1 N–H and O–H groups in total. The van der Waals surface area contributed by atoms with Gasteiger partial charge in [0, 0.05) is 11.3 Å². The molecule has 4 rings (SSSR count). The Morgan fingerprint density at radius 3 is 2.00 bits per heavy atom. The Kier molecular flexibility index (Phi) is 6.78. The van der Waals surface area contributed by atoms with Gasteiger partial charge in [-0.2, -0.15) is 0 Å². The number of hydrogen-bond donors (Lipinski definition) is 1. The lowest BCUT2D eigenvalue weighted by Crippen LogP contribution is -2.41. The predicted molar refractivity (Wildman–Crippen MR) is 132 cm³/mol. The number of ether oxygens (including phenoxy) is 1. The number of nitrogens with one attached hydrogen (secondary N) is 1. The third-order valence-corrected chi connectivity index (χ3v) is 6.35. The Hall–Kier alpha value is -3.49. The Morgan fingerprint density at radius 1 is 0.857 bits per heavy atom. The van der Waals surface area contributed by atoms with Crippen LogP contribution in [-0.2, 0) is 18.8 Å². The van der Waals surface area contributed by atoms with Crippen LogP contribution in [0.1, 0.15) is 49.7 Å². The van der Waals surface area contributed by atoms with Gasteiger partial charge in [0.15, 0.2) is 0 Å². The van der Waals surface area contributed by atoms with Crippen LogP contribution in [0.3, 0.4) is 0 Å². The number of rotatable bonds is 6. The smallest absolute Gasteiger partial charge is 0.444 e. The number of hydrogen-bond acceptors (Lipinski definition) is 5. The number of amides is 1. The van der Waals surface area contributed by atoms with Crippen LogP contribution in [-0.4, -0.2) is 30.2 Å². The molecular formula is C27H27BFNO5. The molecule has 0 saturated carbocycles. The molecule has 1 amide bonds. The maximum atomic E-state index is 13.5. The Morgan fingerprint density at radius 2 is 1.43 bits per heavy atom. The fraction of sp³-hybridized carbons (Fsp3) is 0.259. The maximum absolute atomic E-state index is 13.5. The fourth-order valence-electron chi connectivity index (χ4n) is 3.57. The summed E-state index contributed by atoms with van der Waals surface area (Å²) in [6.07, 6.45) is -1.27. The number of carbonyl (C=O) groups excluding carboxylic acids is 2. The van der Waals surface area contributed by atoms with E-state index in [0.29, 0.717) is 16.8 Å². The van der Waals surface area contributed by atoms with Crippen LogP contribution >= 0.6 is 0 Å². The predicted octanol–water partition coefficient (Wildman–Crippen LogP) is 4.66. The average molecular weight is 475 g/mol. The highest BCUT2D eigenvalue weighted by molar-refractivity contribution is 6.62. The summed E-state index contributed by atoms with van der Waals surface area (Å²) in [6, 6.07) is 20.7. The van der Waals surface area contributed by atoms with E-state index in [2.05, 4.69) is 5.32 Å². The van der Waals surface area contributed by atoms with Crippen molar-refractivity contribution in [3.05, 3.63) is 95.8 Å². The summed E-state index contributed by atoms with van der Waals surface area (Å²) in [6.45, 7) is 7.92. The van der Waals surface area contributed by atoms with E-state index in [9.17, 15) is 14.0 Å². The van der Waals surface area contributed by atoms with Gasteiger partial charge >= 0.3 is 13.1 Å². The first-order valence-electron chi connectivity index (χ1n) is 11.3. The van der Waals surface area contributed by atoms with Gasteiger partial charge in [-0.25, -0.2) is 9.18 Å². The van der Waals surface area contributed by atoms with E-state index in [4.69, 9.17) is 14.0 Å². The number of anilines is 1. The third-order valence-electron chi connectivity index (χ3n) is 6.35. The highest BCUT2D eigenvalue weighted by Gasteiger charge is 2.51. The van der Waals surface area contributed by atoms with Gasteiger partial charge in [0.05, 0.1) is 16.8 Å². The van der Waals surface area contributed by atoms with Crippen LogP contribution in [0.25, 0.3) is 0 Å². The van der Waals surface area contributed by atoms with E-state index < -0.39 is 42.1 Å².